The van der Waals surface area contributed by atoms with Crippen LogP contribution in [0.4, 0.5) is 17.6 Å². The van der Waals surface area contributed by atoms with Crippen molar-refractivity contribution in [3.8, 4) is 11.4 Å². The molecule has 0 aliphatic rings. The number of halogens is 4. The third-order valence-electron chi connectivity index (χ3n) is 4.15. The number of hydrogen-bond donors (Lipinski definition) is 2. The number of aryl methyl sites for hydroxylation is 1. The smallest absolute Gasteiger partial charge is 0.416 e. The van der Waals surface area contributed by atoms with Crippen molar-refractivity contribution in [2.24, 2.45) is 0 Å². The molecule has 0 fully saturated rings. The molecule has 31 heavy (non-hydrogen) atoms. The number of aromatic nitrogens is 3. The van der Waals surface area contributed by atoms with Crippen LogP contribution in [-0.2, 0) is 6.18 Å². The van der Waals surface area contributed by atoms with Gasteiger partial charge < -0.3 is 15.2 Å². The normalized spacial score (nSPS) is 12.5. The highest BCUT2D eigenvalue weighted by atomic mass is 19.4. The van der Waals surface area contributed by atoms with E-state index in [4.69, 9.17) is 4.74 Å². The minimum atomic E-state index is -4.51. The monoisotopic (exact) mass is 438 g/mol. The standard InChI is InChI=1S/C20H18F4N4O3/c1-12-26-18(27-28(12)15-7-5-14(21)6-8-15)19(30)25-10-16(29)11-31-17-4-2-3-13(9-17)20(22,23)24/h2-9,16,29H,10-11H2,1H3,(H,25,30). The lowest BCUT2D eigenvalue weighted by atomic mass is 10.2. The predicted octanol–water partition coefficient (Wildman–Crippen LogP) is 2.90. The first-order valence-corrected chi connectivity index (χ1v) is 9.09. The van der Waals surface area contributed by atoms with Gasteiger partial charge in [0, 0.05) is 6.54 Å². The molecule has 1 aromatic heterocycles. The Morgan fingerprint density at radius 1 is 1.23 bits per heavy atom. The molecule has 3 rings (SSSR count). The van der Waals surface area contributed by atoms with Gasteiger partial charge in [-0.05, 0) is 49.4 Å². The van der Waals surface area contributed by atoms with Gasteiger partial charge >= 0.3 is 6.18 Å². The number of nitrogens with zero attached hydrogens (tertiary/aromatic N) is 3. The molecule has 11 heteroatoms. The van der Waals surface area contributed by atoms with Crippen LogP contribution in [-0.4, -0.2) is 45.0 Å². The van der Waals surface area contributed by atoms with E-state index in [1.54, 1.807) is 6.92 Å². The molecule has 0 bridgehead atoms. The zero-order valence-corrected chi connectivity index (χ0v) is 16.2. The van der Waals surface area contributed by atoms with E-state index >= 15 is 0 Å². The summed E-state index contributed by atoms with van der Waals surface area (Å²) in [5, 5.41) is 16.4. The van der Waals surface area contributed by atoms with Crippen LogP contribution in [0.15, 0.2) is 48.5 Å². The van der Waals surface area contributed by atoms with E-state index in [0.29, 0.717) is 11.5 Å². The zero-order valence-electron chi connectivity index (χ0n) is 16.2. The van der Waals surface area contributed by atoms with Crippen LogP contribution in [0, 0.1) is 12.7 Å². The largest absolute Gasteiger partial charge is 0.491 e. The molecule has 1 heterocycles. The van der Waals surface area contributed by atoms with Crippen molar-refractivity contribution in [3.63, 3.8) is 0 Å². The molecule has 7 nitrogen and oxygen atoms in total. The summed E-state index contributed by atoms with van der Waals surface area (Å²) < 4.78 is 57.7. The van der Waals surface area contributed by atoms with Gasteiger partial charge in [-0.3, -0.25) is 4.79 Å². The molecule has 0 saturated heterocycles. The first-order valence-electron chi connectivity index (χ1n) is 9.09. The predicted molar refractivity (Wildman–Crippen MR) is 101 cm³/mol. The average Bonchev–Trinajstić information content (AvgIpc) is 3.12. The topological polar surface area (TPSA) is 89.3 Å². The molecule has 0 aliphatic heterocycles. The first kappa shape index (κ1) is 22.2. The number of nitrogens with one attached hydrogen (secondary N) is 1. The molecule has 0 radical (unpaired) electrons. The summed E-state index contributed by atoms with van der Waals surface area (Å²) >= 11 is 0. The number of benzene rings is 2. The Hall–Kier alpha value is -3.47. The number of alkyl halides is 3. The number of aliphatic hydroxyl groups is 1. The minimum Gasteiger partial charge on any atom is -0.491 e. The van der Waals surface area contributed by atoms with Crippen LogP contribution < -0.4 is 10.1 Å². The second-order valence-electron chi connectivity index (χ2n) is 6.57. The van der Waals surface area contributed by atoms with Crippen molar-refractivity contribution < 1.29 is 32.2 Å². The van der Waals surface area contributed by atoms with Gasteiger partial charge in [0.1, 0.15) is 30.1 Å². The van der Waals surface area contributed by atoms with Gasteiger partial charge in [0.05, 0.1) is 11.3 Å². The molecule has 0 aliphatic carbocycles. The van der Waals surface area contributed by atoms with Gasteiger partial charge in [0.15, 0.2) is 0 Å². The van der Waals surface area contributed by atoms with Gasteiger partial charge in [-0.15, -0.1) is 5.10 Å². The molecule has 1 atom stereocenters. The van der Waals surface area contributed by atoms with Gasteiger partial charge in [-0.25, -0.2) is 14.1 Å². The van der Waals surface area contributed by atoms with Gasteiger partial charge in [-0.1, -0.05) is 6.07 Å². The lowest BCUT2D eigenvalue weighted by Gasteiger charge is -2.14. The van der Waals surface area contributed by atoms with E-state index in [-0.39, 0.29) is 24.7 Å². The van der Waals surface area contributed by atoms with E-state index in [9.17, 15) is 27.5 Å². The summed E-state index contributed by atoms with van der Waals surface area (Å²) in [5.41, 5.74) is -0.356. The van der Waals surface area contributed by atoms with Gasteiger partial charge in [0.25, 0.3) is 5.91 Å². The van der Waals surface area contributed by atoms with Crippen molar-refractivity contribution in [3.05, 3.63) is 71.6 Å². The Morgan fingerprint density at radius 3 is 2.61 bits per heavy atom. The fourth-order valence-corrected chi connectivity index (χ4v) is 2.62. The third-order valence-corrected chi connectivity index (χ3v) is 4.15. The summed E-state index contributed by atoms with van der Waals surface area (Å²) in [6.07, 6.45) is -5.69. The maximum Gasteiger partial charge on any atom is 0.416 e. The number of rotatable bonds is 7. The maximum atomic E-state index is 13.1. The lowest BCUT2D eigenvalue weighted by Crippen LogP contribution is -2.35. The molecule has 2 N–H and O–H groups in total. The van der Waals surface area contributed by atoms with Crippen LogP contribution in [0.1, 0.15) is 22.0 Å². The Morgan fingerprint density at radius 2 is 1.94 bits per heavy atom. The zero-order chi connectivity index (χ0) is 22.6. The molecule has 1 unspecified atom stereocenters. The first-order chi connectivity index (χ1) is 14.6. The molecule has 1 amide bonds. The van der Waals surface area contributed by atoms with Crippen LogP contribution in [0.5, 0.6) is 5.75 Å². The van der Waals surface area contributed by atoms with E-state index in [1.807, 2.05) is 0 Å². The third kappa shape index (κ3) is 5.79. The van der Waals surface area contributed by atoms with Crippen LogP contribution >= 0.6 is 0 Å². The lowest BCUT2D eigenvalue weighted by molar-refractivity contribution is -0.137. The molecule has 0 saturated carbocycles. The molecule has 2 aromatic carbocycles. The van der Waals surface area contributed by atoms with E-state index < -0.39 is 29.6 Å². The highest BCUT2D eigenvalue weighted by Gasteiger charge is 2.30. The van der Waals surface area contributed by atoms with Crippen molar-refractivity contribution in [2.75, 3.05) is 13.2 Å². The number of amides is 1. The van der Waals surface area contributed by atoms with Crippen molar-refractivity contribution >= 4 is 5.91 Å². The van der Waals surface area contributed by atoms with Crippen LogP contribution in [0.2, 0.25) is 0 Å². The number of aliphatic hydroxyl groups excluding tert-OH is 1. The van der Waals surface area contributed by atoms with Crippen LogP contribution in [0.25, 0.3) is 5.69 Å². The van der Waals surface area contributed by atoms with Crippen molar-refractivity contribution in [1.29, 1.82) is 0 Å². The maximum absolute atomic E-state index is 13.1. The summed E-state index contributed by atoms with van der Waals surface area (Å²) in [5.74, 6) is -0.906. The highest BCUT2D eigenvalue weighted by molar-refractivity contribution is 5.90. The van der Waals surface area contributed by atoms with E-state index in [2.05, 4.69) is 15.4 Å². The summed E-state index contributed by atoms with van der Waals surface area (Å²) in [6, 6.07) is 9.70. The summed E-state index contributed by atoms with van der Waals surface area (Å²) in [7, 11) is 0. The molecule has 0 spiro atoms. The summed E-state index contributed by atoms with van der Waals surface area (Å²) in [4.78, 5) is 16.3. The number of carbonyl (C=O) groups excluding carboxylic acids is 1. The second kappa shape index (κ2) is 9.13. The highest BCUT2D eigenvalue weighted by Crippen LogP contribution is 2.31. The average molecular weight is 438 g/mol. The Kier molecular flexibility index (Phi) is 6.54. The summed E-state index contributed by atoms with van der Waals surface area (Å²) in [6.45, 7) is 1.05. The molecular formula is C20H18F4N4O3. The van der Waals surface area contributed by atoms with Crippen molar-refractivity contribution in [2.45, 2.75) is 19.2 Å². The fourth-order valence-electron chi connectivity index (χ4n) is 2.62. The molecular weight excluding hydrogens is 420 g/mol. The van der Waals surface area contributed by atoms with Crippen LogP contribution in [0.3, 0.4) is 0 Å². The SMILES string of the molecule is Cc1nc(C(=O)NCC(O)COc2cccc(C(F)(F)F)c2)nn1-c1ccc(F)cc1. The van der Waals surface area contributed by atoms with E-state index in [0.717, 1.165) is 12.1 Å². The van der Waals surface area contributed by atoms with Gasteiger partial charge in [-0.2, -0.15) is 13.2 Å². The second-order valence-corrected chi connectivity index (χ2v) is 6.57. The fraction of sp³-hybridized carbons (Fsp3) is 0.250. The number of ether oxygens (including phenoxy) is 1. The number of hydrogen-bond acceptors (Lipinski definition) is 5. The van der Waals surface area contributed by atoms with Gasteiger partial charge in [0.2, 0.25) is 5.82 Å². The minimum absolute atomic E-state index is 0.0597. The quantitative estimate of drug-likeness (QED) is 0.554. The molecule has 164 valence electrons. The molecule has 3 aromatic rings. The Labute approximate surface area is 174 Å². The number of carbonyl (C=O) groups is 1. The van der Waals surface area contributed by atoms with Crippen molar-refractivity contribution in [1.82, 2.24) is 20.1 Å². The Balaban J connectivity index is 1.54. The van der Waals surface area contributed by atoms with E-state index in [1.165, 1.54) is 41.1 Å². The Bertz CT molecular complexity index is 1050.